The number of allylic oxidation sites excluding steroid dienone is 8. The Balaban J connectivity index is 3.57. The first-order chi connectivity index (χ1) is 23.6. The van der Waals surface area contributed by atoms with Crippen molar-refractivity contribution in [2.24, 2.45) is 0 Å². The molecule has 0 amide bonds. The molecule has 0 saturated heterocycles. The molecule has 0 aromatic heterocycles. The number of hydrogen-bond acceptors (Lipinski definition) is 5. The number of rotatable bonds is 36. The summed E-state index contributed by atoms with van der Waals surface area (Å²) in [7, 11) is 0. The van der Waals surface area contributed by atoms with Crippen LogP contribution >= 0.6 is 0 Å². The average molecular weight is 673 g/mol. The molecule has 5 heteroatoms. The van der Waals surface area contributed by atoms with E-state index in [9.17, 15) is 14.7 Å². The minimum Gasteiger partial charge on any atom is -0.462 e. The Labute approximate surface area is 297 Å². The van der Waals surface area contributed by atoms with Crippen LogP contribution in [-0.4, -0.2) is 36.4 Å². The molecule has 0 rings (SSSR count). The van der Waals surface area contributed by atoms with Crippen LogP contribution in [-0.2, 0) is 19.1 Å². The molecule has 0 aliphatic rings. The van der Waals surface area contributed by atoms with Crippen molar-refractivity contribution in [3.05, 3.63) is 48.6 Å². The second kappa shape index (κ2) is 39.3. The summed E-state index contributed by atoms with van der Waals surface area (Å²) in [5.41, 5.74) is 0. The van der Waals surface area contributed by atoms with E-state index in [2.05, 4.69) is 62.5 Å². The Bertz CT molecular complexity index is 812. The fraction of sp³-hybridized carbons (Fsp3) is 0.767. The second-order valence-corrected chi connectivity index (χ2v) is 13.3. The molecule has 0 heterocycles. The summed E-state index contributed by atoms with van der Waals surface area (Å²) in [5.74, 6) is -0.612. The molecule has 0 aliphatic heterocycles. The van der Waals surface area contributed by atoms with Gasteiger partial charge in [0.15, 0.2) is 6.10 Å². The predicted octanol–water partition coefficient (Wildman–Crippen LogP) is 12.6. The Morgan fingerprint density at radius 2 is 0.896 bits per heavy atom. The SMILES string of the molecule is CC/C=C\C/C=C\C/C=C\CCCCCCCC(=O)OC[C@H](CO)OC(=O)CCCCCCCCCCC/C=C\CCCCCCCC. The van der Waals surface area contributed by atoms with Crippen molar-refractivity contribution < 1.29 is 24.2 Å². The highest BCUT2D eigenvalue weighted by Gasteiger charge is 2.16. The van der Waals surface area contributed by atoms with Crippen LogP contribution in [0.1, 0.15) is 194 Å². The van der Waals surface area contributed by atoms with Crippen molar-refractivity contribution >= 4 is 11.9 Å². The van der Waals surface area contributed by atoms with E-state index in [1.165, 1.54) is 96.3 Å². The Hall–Kier alpha value is -2.14. The fourth-order valence-corrected chi connectivity index (χ4v) is 5.56. The third-order valence-electron chi connectivity index (χ3n) is 8.61. The van der Waals surface area contributed by atoms with Crippen molar-refractivity contribution in [1.82, 2.24) is 0 Å². The van der Waals surface area contributed by atoms with Gasteiger partial charge >= 0.3 is 11.9 Å². The quantitative estimate of drug-likeness (QED) is 0.0407. The Morgan fingerprint density at radius 3 is 1.38 bits per heavy atom. The average Bonchev–Trinajstić information content (AvgIpc) is 3.09. The van der Waals surface area contributed by atoms with Gasteiger partial charge in [-0.3, -0.25) is 9.59 Å². The molecule has 0 aromatic rings. The van der Waals surface area contributed by atoms with Crippen LogP contribution in [0, 0.1) is 0 Å². The van der Waals surface area contributed by atoms with E-state index < -0.39 is 6.10 Å². The summed E-state index contributed by atoms with van der Waals surface area (Å²) in [6.07, 6.45) is 48.9. The van der Waals surface area contributed by atoms with Gasteiger partial charge in [0.25, 0.3) is 0 Å². The minimum absolute atomic E-state index is 0.0759. The molecule has 0 spiro atoms. The summed E-state index contributed by atoms with van der Waals surface area (Å²) in [6, 6.07) is 0. The molecule has 5 nitrogen and oxygen atoms in total. The first-order valence-corrected chi connectivity index (χ1v) is 20.2. The molecule has 0 saturated carbocycles. The number of hydrogen-bond donors (Lipinski definition) is 1. The zero-order valence-corrected chi connectivity index (χ0v) is 31.5. The summed E-state index contributed by atoms with van der Waals surface area (Å²) in [6.45, 7) is 4.01. The van der Waals surface area contributed by atoms with Gasteiger partial charge < -0.3 is 14.6 Å². The lowest BCUT2D eigenvalue weighted by Crippen LogP contribution is -2.28. The number of ether oxygens (including phenoxy) is 2. The van der Waals surface area contributed by atoms with Crippen LogP contribution < -0.4 is 0 Å². The van der Waals surface area contributed by atoms with Crippen LogP contribution in [0.15, 0.2) is 48.6 Å². The van der Waals surface area contributed by atoms with Crippen molar-refractivity contribution in [3.8, 4) is 0 Å². The first kappa shape index (κ1) is 45.9. The summed E-state index contributed by atoms with van der Waals surface area (Å²) >= 11 is 0. The molecule has 0 fully saturated rings. The first-order valence-electron chi connectivity index (χ1n) is 20.2. The van der Waals surface area contributed by atoms with Gasteiger partial charge in [0.1, 0.15) is 6.61 Å². The Morgan fingerprint density at radius 1 is 0.500 bits per heavy atom. The topological polar surface area (TPSA) is 72.8 Å². The fourth-order valence-electron chi connectivity index (χ4n) is 5.56. The van der Waals surface area contributed by atoms with Crippen molar-refractivity contribution in [2.45, 2.75) is 200 Å². The lowest BCUT2D eigenvalue weighted by Gasteiger charge is -2.15. The standard InChI is InChI=1S/C43H76O5/c1-3-5-7-9-11-13-15-17-19-20-21-22-24-26-28-30-32-34-36-38-43(46)48-41(39-44)40-47-42(45)37-35-33-31-29-27-25-23-18-16-14-12-10-8-6-4-2/h6,8,12,14,17-19,23,41,44H,3-5,7,9-11,13,15-16,20-22,24-40H2,1-2H3/b8-6-,14-12-,19-17-,23-18-/t41-/m0/s1. The largest absolute Gasteiger partial charge is 0.462 e. The highest BCUT2D eigenvalue weighted by Crippen LogP contribution is 2.13. The molecule has 48 heavy (non-hydrogen) atoms. The van der Waals surface area contributed by atoms with Gasteiger partial charge in [-0.05, 0) is 70.6 Å². The second-order valence-electron chi connectivity index (χ2n) is 13.3. The van der Waals surface area contributed by atoms with Gasteiger partial charge in [-0.2, -0.15) is 0 Å². The summed E-state index contributed by atoms with van der Waals surface area (Å²) in [5, 5.41) is 9.56. The maximum Gasteiger partial charge on any atom is 0.306 e. The lowest BCUT2D eigenvalue weighted by atomic mass is 10.1. The molecule has 0 aliphatic carbocycles. The van der Waals surface area contributed by atoms with Gasteiger partial charge in [0.2, 0.25) is 0 Å². The van der Waals surface area contributed by atoms with E-state index in [4.69, 9.17) is 9.47 Å². The van der Waals surface area contributed by atoms with Crippen LogP contribution in [0.3, 0.4) is 0 Å². The molecule has 1 N–H and O–H groups in total. The van der Waals surface area contributed by atoms with Crippen LogP contribution in [0.2, 0.25) is 0 Å². The number of carbonyl (C=O) groups is 2. The van der Waals surface area contributed by atoms with Gasteiger partial charge in [0, 0.05) is 12.8 Å². The molecule has 0 aromatic carbocycles. The number of unbranched alkanes of at least 4 members (excludes halogenated alkanes) is 20. The van der Waals surface area contributed by atoms with E-state index >= 15 is 0 Å². The van der Waals surface area contributed by atoms with E-state index in [1.807, 2.05) is 0 Å². The maximum atomic E-state index is 12.2. The van der Waals surface area contributed by atoms with Crippen LogP contribution in [0.4, 0.5) is 0 Å². The smallest absolute Gasteiger partial charge is 0.306 e. The van der Waals surface area contributed by atoms with E-state index in [0.29, 0.717) is 12.8 Å². The van der Waals surface area contributed by atoms with E-state index in [0.717, 1.165) is 70.6 Å². The predicted molar refractivity (Wildman–Crippen MR) is 205 cm³/mol. The van der Waals surface area contributed by atoms with Crippen molar-refractivity contribution in [3.63, 3.8) is 0 Å². The van der Waals surface area contributed by atoms with Gasteiger partial charge in [-0.15, -0.1) is 0 Å². The molecule has 0 radical (unpaired) electrons. The number of aliphatic hydroxyl groups excluding tert-OH is 1. The molecule has 278 valence electrons. The maximum absolute atomic E-state index is 12.2. The molecule has 1 atom stereocenters. The van der Waals surface area contributed by atoms with E-state index in [1.54, 1.807) is 0 Å². The van der Waals surface area contributed by atoms with Crippen molar-refractivity contribution in [1.29, 1.82) is 0 Å². The van der Waals surface area contributed by atoms with Crippen LogP contribution in [0.25, 0.3) is 0 Å². The normalized spacial score (nSPS) is 12.6. The highest BCUT2D eigenvalue weighted by atomic mass is 16.6. The van der Waals surface area contributed by atoms with Gasteiger partial charge in [0.05, 0.1) is 6.61 Å². The molecular weight excluding hydrogens is 596 g/mol. The summed E-state index contributed by atoms with van der Waals surface area (Å²) in [4.78, 5) is 24.3. The third kappa shape index (κ3) is 36.7. The van der Waals surface area contributed by atoms with Gasteiger partial charge in [-0.25, -0.2) is 0 Å². The molecule has 0 unspecified atom stereocenters. The Kier molecular flexibility index (Phi) is 37.5. The monoisotopic (exact) mass is 673 g/mol. The minimum atomic E-state index is -0.779. The number of esters is 2. The van der Waals surface area contributed by atoms with Gasteiger partial charge in [-0.1, -0.05) is 159 Å². The third-order valence-corrected chi connectivity index (χ3v) is 8.61. The highest BCUT2D eigenvalue weighted by molar-refractivity contribution is 5.70. The zero-order chi connectivity index (χ0) is 35.0. The molecule has 0 bridgehead atoms. The summed E-state index contributed by atoms with van der Waals surface area (Å²) < 4.78 is 10.6. The number of aliphatic hydroxyl groups is 1. The lowest BCUT2D eigenvalue weighted by molar-refractivity contribution is -0.161. The molecular formula is C43H76O5. The van der Waals surface area contributed by atoms with Crippen molar-refractivity contribution in [2.75, 3.05) is 13.2 Å². The van der Waals surface area contributed by atoms with E-state index in [-0.39, 0.29) is 25.2 Å². The number of carbonyl (C=O) groups excluding carboxylic acids is 2. The zero-order valence-electron chi connectivity index (χ0n) is 31.5. The van der Waals surface area contributed by atoms with Crippen LogP contribution in [0.5, 0.6) is 0 Å².